The molecule has 1 heterocycles. The molecule has 0 aliphatic heterocycles. The zero-order valence-corrected chi connectivity index (χ0v) is 16.4. The second-order valence-corrected chi connectivity index (χ2v) is 6.59. The van der Waals surface area contributed by atoms with E-state index in [9.17, 15) is 18.3 Å². The zero-order valence-electron chi connectivity index (χ0n) is 16.4. The molecule has 0 amide bonds. The summed E-state index contributed by atoms with van der Waals surface area (Å²) >= 11 is 0. The molecule has 1 aromatic heterocycles. The van der Waals surface area contributed by atoms with Crippen molar-refractivity contribution < 1.29 is 23.0 Å². The molecule has 3 N–H and O–H groups in total. The molecule has 0 fully saturated rings. The average Bonchev–Trinajstić information content (AvgIpc) is 2.73. The summed E-state index contributed by atoms with van der Waals surface area (Å²) in [6, 6.07) is 14.3. The van der Waals surface area contributed by atoms with Gasteiger partial charge < -0.3 is 20.5 Å². The van der Waals surface area contributed by atoms with Crippen molar-refractivity contribution in [2.45, 2.75) is 19.1 Å². The van der Waals surface area contributed by atoms with Gasteiger partial charge in [-0.2, -0.15) is 18.2 Å². The van der Waals surface area contributed by atoms with Crippen LogP contribution in [0.15, 0.2) is 54.6 Å². The second-order valence-electron chi connectivity index (χ2n) is 6.59. The van der Waals surface area contributed by atoms with E-state index in [4.69, 9.17) is 4.74 Å². The highest BCUT2D eigenvalue weighted by molar-refractivity contribution is 5.68. The molecule has 1 atom stereocenters. The van der Waals surface area contributed by atoms with Gasteiger partial charge in [-0.3, -0.25) is 0 Å². The van der Waals surface area contributed by atoms with Crippen LogP contribution < -0.4 is 15.4 Å². The van der Waals surface area contributed by atoms with Crippen LogP contribution in [0.2, 0.25) is 0 Å². The Morgan fingerprint density at radius 2 is 1.80 bits per heavy atom. The number of hydrogen-bond donors (Lipinski definition) is 3. The van der Waals surface area contributed by atoms with Crippen LogP contribution in [0, 0.1) is 0 Å². The molecule has 0 unspecified atom stereocenters. The lowest BCUT2D eigenvalue weighted by Gasteiger charge is -2.16. The zero-order chi connectivity index (χ0) is 21.7. The summed E-state index contributed by atoms with van der Waals surface area (Å²) in [5.41, 5.74) is 0.695. The molecule has 30 heavy (non-hydrogen) atoms. The van der Waals surface area contributed by atoms with E-state index in [1.54, 1.807) is 13.0 Å². The maximum absolute atomic E-state index is 13.3. The minimum absolute atomic E-state index is 0.130. The Bertz CT molecular complexity index is 997. The standard InChI is InChI=1S/C21H21F3N4O2/c1-13(12-29)25-20-27-17(14-6-4-3-5-7-14)11-19(28-20)26-15-8-9-18(30-2)16(10-15)21(22,23)24/h3-11,13,29H,12H2,1-2H3,(H2,25,26,27,28)/t13-/m0/s1. The van der Waals surface area contributed by atoms with Crippen molar-refractivity contribution >= 4 is 17.5 Å². The van der Waals surface area contributed by atoms with E-state index in [-0.39, 0.29) is 30.0 Å². The third-order valence-corrected chi connectivity index (χ3v) is 4.22. The summed E-state index contributed by atoms with van der Waals surface area (Å²) in [7, 11) is 1.19. The fourth-order valence-corrected chi connectivity index (χ4v) is 2.75. The summed E-state index contributed by atoms with van der Waals surface area (Å²) in [6.45, 7) is 1.62. The first-order chi connectivity index (χ1) is 14.3. The minimum atomic E-state index is -4.56. The van der Waals surface area contributed by atoms with Crippen molar-refractivity contribution in [3.63, 3.8) is 0 Å². The molecule has 0 spiro atoms. The van der Waals surface area contributed by atoms with Crippen molar-refractivity contribution in [2.24, 2.45) is 0 Å². The minimum Gasteiger partial charge on any atom is -0.496 e. The predicted molar refractivity (Wildman–Crippen MR) is 109 cm³/mol. The quantitative estimate of drug-likeness (QED) is 0.516. The highest BCUT2D eigenvalue weighted by Crippen LogP contribution is 2.38. The number of nitrogens with one attached hydrogen (secondary N) is 2. The number of hydrogen-bond acceptors (Lipinski definition) is 6. The van der Waals surface area contributed by atoms with Crippen molar-refractivity contribution in [3.05, 3.63) is 60.2 Å². The topological polar surface area (TPSA) is 79.3 Å². The Kier molecular flexibility index (Phi) is 6.41. The highest BCUT2D eigenvalue weighted by Gasteiger charge is 2.34. The van der Waals surface area contributed by atoms with E-state index in [0.717, 1.165) is 11.6 Å². The van der Waals surface area contributed by atoms with Gasteiger partial charge in [0, 0.05) is 23.4 Å². The van der Waals surface area contributed by atoms with Crippen LogP contribution in [0.3, 0.4) is 0 Å². The van der Waals surface area contributed by atoms with E-state index < -0.39 is 11.7 Å². The summed E-state index contributed by atoms with van der Waals surface area (Å²) in [4.78, 5) is 8.76. The molecule has 0 bridgehead atoms. The molecule has 2 aromatic carbocycles. The van der Waals surface area contributed by atoms with E-state index >= 15 is 0 Å². The lowest BCUT2D eigenvalue weighted by molar-refractivity contribution is -0.138. The Balaban J connectivity index is 2.00. The van der Waals surface area contributed by atoms with Gasteiger partial charge in [-0.25, -0.2) is 4.98 Å². The summed E-state index contributed by atoms with van der Waals surface area (Å²) in [5.74, 6) is 0.277. The summed E-state index contributed by atoms with van der Waals surface area (Å²) < 4.78 is 44.8. The SMILES string of the molecule is COc1ccc(Nc2cc(-c3ccccc3)nc(N[C@@H](C)CO)n2)cc1C(F)(F)F. The van der Waals surface area contributed by atoms with Gasteiger partial charge in [0.2, 0.25) is 5.95 Å². The van der Waals surface area contributed by atoms with Crippen molar-refractivity contribution in [1.82, 2.24) is 9.97 Å². The van der Waals surface area contributed by atoms with E-state index in [0.29, 0.717) is 11.5 Å². The molecule has 6 nitrogen and oxygen atoms in total. The van der Waals surface area contributed by atoms with E-state index in [2.05, 4.69) is 20.6 Å². The smallest absolute Gasteiger partial charge is 0.420 e. The van der Waals surface area contributed by atoms with Crippen LogP contribution in [-0.4, -0.2) is 34.8 Å². The number of halogens is 3. The van der Waals surface area contributed by atoms with Crippen molar-refractivity contribution in [2.75, 3.05) is 24.4 Å². The van der Waals surface area contributed by atoms with Gasteiger partial charge in [0.15, 0.2) is 0 Å². The predicted octanol–water partition coefficient (Wildman–Crippen LogP) is 4.71. The van der Waals surface area contributed by atoms with Crippen molar-refractivity contribution in [3.8, 4) is 17.0 Å². The van der Waals surface area contributed by atoms with Gasteiger partial charge >= 0.3 is 6.18 Å². The molecule has 0 saturated heterocycles. The number of ether oxygens (including phenoxy) is 1. The molecule has 0 radical (unpaired) electrons. The molecular formula is C21H21F3N4O2. The largest absolute Gasteiger partial charge is 0.496 e. The van der Waals surface area contributed by atoms with Crippen LogP contribution in [0.1, 0.15) is 12.5 Å². The number of aromatic nitrogens is 2. The molecular weight excluding hydrogens is 397 g/mol. The van der Waals surface area contributed by atoms with Gasteiger partial charge in [0.25, 0.3) is 0 Å². The molecule has 158 valence electrons. The van der Waals surface area contributed by atoms with Gasteiger partial charge in [0.05, 0.1) is 25.0 Å². The first-order valence-corrected chi connectivity index (χ1v) is 9.14. The first-order valence-electron chi connectivity index (χ1n) is 9.14. The lowest BCUT2D eigenvalue weighted by atomic mass is 10.1. The van der Waals surface area contributed by atoms with Gasteiger partial charge in [-0.1, -0.05) is 30.3 Å². The molecule has 0 aliphatic carbocycles. The fraction of sp³-hybridized carbons (Fsp3) is 0.238. The van der Waals surface area contributed by atoms with Crippen LogP contribution in [0.5, 0.6) is 5.75 Å². The molecule has 9 heteroatoms. The molecule has 3 aromatic rings. The summed E-state index contributed by atoms with van der Waals surface area (Å²) in [6.07, 6.45) is -4.56. The number of rotatable bonds is 7. The molecule has 0 aliphatic rings. The van der Waals surface area contributed by atoms with Crippen LogP contribution in [0.4, 0.5) is 30.6 Å². The Hall–Kier alpha value is -3.33. The number of alkyl halides is 3. The number of methoxy groups -OCH3 is 1. The number of anilines is 3. The van der Waals surface area contributed by atoms with Gasteiger partial charge in [0.1, 0.15) is 11.6 Å². The van der Waals surface area contributed by atoms with Gasteiger partial charge in [-0.15, -0.1) is 0 Å². The number of aliphatic hydroxyl groups is 1. The third kappa shape index (κ3) is 5.18. The van der Waals surface area contributed by atoms with Crippen LogP contribution >= 0.6 is 0 Å². The highest BCUT2D eigenvalue weighted by atomic mass is 19.4. The van der Waals surface area contributed by atoms with E-state index in [1.807, 2.05) is 30.3 Å². The van der Waals surface area contributed by atoms with E-state index in [1.165, 1.54) is 19.2 Å². The second kappa shape index (κ2) is 9.00. The Labute approximate surface area is 171 Å². The maximum atomic E-state index is 13.3. The third-order valence-electron chi connectivity index (χ3n) is 4.22. The molecule has 0 saturated carbocycles. The normalized spacial score (nSPS) is 12.3. The Morgan fingerprint density at radius 3 is 2.43 bits per heavy atom. The van der Waals surface area contributed by atoms with Crippen LogP contribution in [0.25, 0.3) is 11.3 Å². The number of aliphatic hydroxyl groups excluding tert-OH is 1. The summed E-state index contributed by atoms with van der Waals surface area (Å²) in [5, 5.41) is 15.2. The monoisotopic (exact) mass is 418 g/mol. The molecule has 3 rings (SSSR count). The average molecular weight is 418 g/mol. The van der Waals surface area contributed by atoms with Crippen LogP contribution in [-0.2, 0) is 6.18 Å². The maximum Gasteiger partial charge on any atom is 0.420 e. The number of nitrogens with zero attached hydrogens (tertiary/aromatic N) is 2. The van der Waals surface area contributed by atoms with Crippen molar-refractivity contribution in [1.29, 1.82) is 0 Å². The fourth-order valence-electron chi connectivity index (χ4n) is 2.75. The lowest BCUT2D eigenvalue weighted by Crippen LogP contribution is -2.21. The first kappa shape index (κ1) is 21.4. The Morgan fingerprint density at radius 1 is 1.07 bits per heavy atom. The van der Waals surface area contributed by atoms with Gasteiger partial charge in [-0.05, 0) is 25.1 Å². The number of benzene rings is 2.